The molecule has 0 aromatic carbocycles. The highest BCUT2D eigenvalue weighted by Gasteiger charge is 2.44. The first-order valence-corrected chi connectivity index (χ1v) is 6.78. The van der Waals surface area contributed by atoms with Crippen LogP contribution in [0, 0.1) is 17.8 Å². The van der Waals surface area contributed by atoms with Gasteiger partial charge in [0.1, 0.15) is 7.85 Å². The van der Waals surface area contributed by atoms with E-state index in [0.717, 1.165) is 23.8 Å². The molecule has 2 aliphatic heterocycles. The van der Waals surface area contributed by atoms with Crippen LogP contribution in [0.2, 0.25) is 5.31 Å². The van der Waals surface area contributed by atoms with Crippen molar-refractivity contribution in [1.29, 1.82) is 0 Å². The molecule has 0 spiro atoms. The number of rotatable bonds is 2. The van der Waals surface area contributed by atoms with Gasteiger partial charge in [0.05, 0.1) is 0 Å². The van der Waals surface area contributed by atoms with Crippen LogP contribution in [0.1, 0.15) is 46.5 Å². The molecule has 15 heavy (non-hydrogen) atoms. The molecule has 1 saturated carbocycles. The van der Waals surface area contributed by atoms with Crippen LogP contribution >= 0.6 is 0 Å². The van der Waals surface area contributed by atoms with Crippen LogP contribution in [0.3, 0.4) is 0 Å². The standard InChI is InChI=1S/C13H26BN/c1-4-5-10-7-13(3,14)12-6-9(2)11(10)8-15-12/h9-12,15H,4-8,14H2,1-3H3. The van der Waals surface area contributed by atoms with Crippen molar-refractivity contribution in [2.24, 2.45) is 17.8 Å². The van der Waals surface area contributed by atoms with E-state index in [1.54, 1.807) is 0 Å². The lowest BCUT2D eigenvalue weighted by atomic mass is 9.61. The van der Waals surface area contributed by atoms with Crippen molar-refractivity contribution in [3.05, 3.63) is 0 Å². The van der Waals surface area contributed by atoms with Crippen molar-refractivity contribution in [2.45, 2.75) is 57.8 Å². The van der Waals surface area contributed by atoms with Gasteiger partial charge in [0.15, 0.2) is 0 Å². The Bertz CT molecular complexity index is 227. The Hall–Kier alpha value is 0.0249. The maximum Gasteiger partial charge on any atom is 0.111 e. The van der Waals surface area contributed by atoms with Crippen LogP contribution in [0.4, 0.5) is 0 Å². The predicted octanol–water partition coefficient (Wildman–Crippen LogP) is 2.23. The second kappa shape index (κ2) is 4.12. The van der Waals surface area contributed by atoms with E-state index in [1.807, 2.05) is 0 Å². The highest BCUT2D eigenvalue weighted by atomic mass is 15.0. The monoisotopic (exact) mass is 207 g/mol. The van der Waals surface area contributed by atoms with E-state index in [2.05, 4.69) is 33.9 Å². The van der Waals surface area contributed by atoms with Gasteiger partial charge in [0.2, 0.25) is 0 Å². The Morgan fingerprint density at radius 2 is 2.20 bits per heavy atom. The van der Waals surface area contributed by atoms with Crippen LogP contribution in [-0.2, 0) is 0 Å². The summed E-state index contributed by atoms with van der Waals surface area (Å²) in [5.41, 5.74) is 0. The van der Waals surface area contributed by atoms with Crippen molar-refractivity contribution < 1.29 is 0 Å². The molecule has 1 nitrogen and oxygen atoms in total. The first-order chi connectivity index (χ1) is 7.04. The van der Waals surface area contributed by atoms with Gasteiger partial charge in [0, 0.05) is 6.04 Å². The fourth-order valence-electron chi connectivity index (χ4n) is 3.99. The Morgan fingerprint density at radius 1 is 1.47 bits per heavy atom. The Morgan fingerprint density at radius 3 is 2.80 bits per heavy atom. The minimum absolute atomic E-state index is 0.513. The molecule has 5 unspecified atom stereocenters. The van der Waals surface area contributed by atoms with Gasteiger partial charge in [0.25, 0.3) is 0 Å². The van der Waals surface area contributed by atoms with E-state index in [1.165, 1.54) is 32.2 Å². The minimum Gasteiger partial charge on any atom is -0.314 e. The summed E-state index contributed by atoms with van der Waals surface area (Å²) in [6.45, 7) is 8.55. The quantitative estimate of drug-likeness (QED) is 0.684. The van der Waals surface area contributed by atoms with E-state index in [-0.39, 0.29) is 0 Å². The lowest BCUT2D eigenvalue weighted by Crippen LogP contribution is -2.45. The van der Waals surface area contributed by atoms with E-state index < -0.39 is 0 Å². The normalized spacial score (nSPS) is 50.3. The maximum absolute atomic E-state index is 3.79. The van der Waals surface area contributed by atoms with Crippen molar-refractivity contribution >= 4 is 7.85 Å². The SMILES string of the molecule is BC1(C)CC(CCC)C2CNC1CC2C. The maximum atomic E-state index is 3.79. The summed E-state index contributed by atoms with van der Waals surface area (Å²) in [4.78, 5) is 0. The van der Waals surface area contributed by atoms with Crippen molar-refractivity contribution in [2.75, 3.05) is 6.54 Å². The molecular weight excluding hydrogens is 181 g/mol. The van der Waals surface area contributed by atoms with Gasteiger partial charge < -0.3 is 5.32 Å². The summed E-state index contributed by atoms with van der Waals surface area (Å²) in [5.74, 6) is 2.86. The van der Waals surface area contributed by atoms with Crippen molar-refractivity contribution in [3.8, 4) is 0 Å². The third-order valence-electron chi connectivity index (χ3n) is 4.93. The summed E-state index contributed by atoms with van der Waals surface area (Å²) in [6, 6.07) is 0.769. The van der Waals surface area contributed by atoms with Gasteiger partial charge >= 0.3 is 0 Å². The summed E-state index contributed by atoms with van der Waals surface area (Å²) < 4.78 is 0. The molecule has 2 heteroatoms. The zero-order chi connectivity index (χ0) is 11.1. The zero-order valence-corrected chi connectivity index (χ0v) is 10.8. The molecule has 2 saturated heterocycles. The van der Waals surface area contributed by atoms with Crippen LogP contribution in [0.25, 0.3) is 0 Å². The molecule has 1 N–H and O–H groups in total. The molecule has 3 rings (SSSR count). The van der Waals surface area contributed by atoms with E-state index in [0.29, 0.717) is 5.31 Å². The lowest BCUT2D eigenvalue weighted by Gasteiger charge is -2.37. The average Bonchev–Trinajstić information content (AvgIpc) is 2.31. The molecule has 0 radical (unpaired) electrons. The Kier molecular flexibility index (Phi) is 3.16. The highest BCUT2D eigenvalue weighted by Crippen LogP contribution is 2.49. The third kappa shape index (κ3) is 2.11. The lowest BCUT2D eigenvalue weighted by molar-refractivity contribution is 0.189. The number of fused-ring (bicyclic) bond motifs is 4. The molecule has 1 aliphatic carbocycles. The van der Waals surface area contributed by atoms with Gasteiger partial charge in [-0.25, -0.2) is 0 Å². The van der Waals surface area contributed by atoms with Gasteiger partial charge in [-0.15, -0.1) is 0 Å². The molecular formula is C13H26BN. The second-order valence-corrected chi connectivity index (χ2v) is 6.58. The van der Waals surface area contributed by atoms with Crippen LogP contribution < -0.4 is 5.32 Å². The third-order valence-corrected chi connectivity index (χ3v) is 4.93. The fraction of sp³-hybridized carbons (Fsp3) is 1.00. The van der Waals surface area contributed by atoms with Gasteiger partial charge in [-0.2, -0.15) is 0 Å². The van der Waals surface area contributed by atoms with E-state index in [4.69, 9.17) is 0 Å². The summed E-state index contributed by atoms with van der Waals surface area (Å²) in [6.07, 6.45) is 5.63. The second-order valence-electron chi connectivity index (χ2n) is 6.58. The average molecular weight is 207 g/mol. The van der Waals surface area contributed by atoms with Crippen LogP contribution in [0.5, 0.6) is 0 Å². The Labute approximate surface area is 95.8 Å². The van der Waals surface area contributed by atoms with Gasteiger partial charge in [-0.05, 0) is 36.0 Å². The number of piperidine rings is 1. The summed E-state index contributed by atoms with van der Waals surface area (Å²) in [7, 11) is 2.47. The predicted molar refractivity (Wildman–Crippen MR) is 69.0 cm³/mol. The van der Waals surface area contributed by atoms with Crippen molar-refractivity contribution in [3.63, 3.8) is 0 Å². The molecule has 2 heterocycles. The minimum atomic E-state index is 0.513. The number of nitrogens with one attached hydrogen (secondary N) is 1. The molecule has 2 bridgehead atoms. The number of hydrogen-bond donors (Lipinski definition) is 1. The molecule has 0 amide bonds. The molecule has 0 aromatic heterocycles. The van der Waals surface area contributed by atoms with Crippen molar-refractivity contribution in [1.82, 2.24) is 5.32 Å². The Balaban J connectivity index is 2.19. The molecule has 3 aliphatic rings. The smallest absolute Gasteiger partial charge is 0.111 e. The number of hydrogen-bond acceptors (Lipinski definition) is 1. The first-order valence-electron chi connectivity index (χ1n) is 6.78. The van der Waals surface area contributed by atoms with E-state index in [9.17, 15) is 0 Å². The largest absolute Gasteiger partial charge is 0.314 e. The molecule has 5 atom stereocenters. The molecule has 86 valence electrons. The zero-order valence-electron chi connectivity index (χ0n) is 10.8. The molecule has 3 fully saturated rings. The fourth-order valence-corrected chi connectivity index (χ4v) is 3.99. The summed E-state index contributed by atoms with van der Waals surface area (Å²) in [5, 5.41) is 4.30. The highest BCUT2D eigenvalue weighted by molar-refractivity contribution is 6.15. The van der Waals surface area contributed by atoms with E-state index >= 15 is 0 Å². The first kappa shape index (κ1) is 11.5. The summed E-state index contributed by atoms with van der Waals surface area (Å²) >= 11 is 0. The van der Waals surface area contributed by atoms with Gasteiger partial charge in [-0.3, -0.25) is 0 Å². The topological polar surface area (TPSA) is 12.0 Å². The van der Waals surface area contributed by atoms with Gasteiger partial charge in [-0.1, -0.05) is 40.0 Å². The molecule has 0 aromatic rings. The van der Waals surface area contributed by atoms with Crippen LogP contribution in [-0.4, -0.2) is 20.4 Å². The van der Waals surface area contributed by atoms with Crippen LogP contribution in [0.15, 0.2) is 0 Å².